The second-order valence-electron chi connectivity index (χ2n) is 4.09. The van der Waals surface area contributed by atoms with Gasteiger partial charge < -0.3 is 5.32 Å². The Morgan fingerprint density at radius 3 is 2.75 bits per heavy atom. The highest BCUT2D eigenvalue weighted by atomic mass is 35.5. The summed E-state index contributed by atoms with van der Waals surface area (Å²) in [6.07, 6.45) is 4.01. The van der Waals surface area contributed by atoms with Crippen LogP contribution >= 0.6 is 11.6 Å². The van der Waals surface area contributed by atoms with Gasteiger partial charge in [-0.1, -0.05) is 30.7 Å². The van der Waals surface area contributed by atoms with Crippen LogP contribution in [0, 0.1) is 6.92 Å². The minimum Gasteiger partial charge on any atom is -0.310 e. The first-order valence-corrected chi connectivity index (χ1v) is 6.16. The van der Waals surface area contributed by atoms with Gasteiger partial charge in [0.25, 0.3) is 0 Å². The SMILES string of the molecule is C=CCC(NCCC)c1cc(C)cc(Cl)c1. The molecule has 1 nitrogen and oxygen atoms in total. The molecule has 0 spiro atoms. The van der Waals surface area contributed by atoms with E-state index in [1.165, 1.54) is 11.1 Å². The molecule has 0 amide bonds. The molecule has 1 N–H and O–H groups in total. The van der Waals surface area contributed by atoms with Gasteiger partial charge in [-0.05, 0) is 49.6 Å². The van der Waals surface area contributed by atoms with Crippen molar-refractivity contribution in [3.8, 4) is 0 Å². The monoisotopic (exact) mass is 237 g/mol. The molecule has 1 unspecified atom stereocenters. The van der Waals surface area contributed by atoms with E-state index in [0.717, 1.165) is 24.4 Å². The Labute approximate surface area is 104 Å². The molecule has 2 heteroatoms. The first-order chi connectivity index (χ1) is 7.67. The summed E-state index contributed by atoms with van der Waals surface area (Å²) in [6, 6.07) is 6.53. The quantitative estimate of drug-likeness (QED) is 0.729. The lowest BCUT2D eigenvalue weighted by molar-refractivity contribution is 0.537. The van der Waals surface area contributed by atoms with E-state index in [2.05, 4.69) is 31.8 Å². The first-order valence-electron chi connectivity index (χ1n) is 5.78. The van der Waals surface area contributed by atoms with Crippen molar-refractivity contribution < 1.29 is 0 Å². The zero-order chi connectivity index (χ0) is 12.0. The third-order valence-electron chi connectivity index (χ3n) is 2.51. The van der Waals surface area contributed by atoms with Gasteiger partial charge in [0.15, 0.2) is 0 Å². The fourth-order valence-corrected chi connectivity index (χ4v) is 2.09. The fraction of sp³-hybridized carbons (Fsp3) is 0.429. The van der Waals surface area contributed by atoms with Crippen LogP contribution in [-0.4, -0.2) is 6.54 Å². The Kier molecular flexibility index (Phi) is 5.58. The molecule has 0 saturated heterocycles. The van der Waals surface area contributed by atoms with Crippen molar-refractivity contribution in [3.63, 3.8) is 0 Å². The maximum absolute atomic E-state index is 6.07. The van der Waals surface area contributed by atoms with Crippen LogP contribution in [0.4, 0.5) is 0 Å². The highest BCUT2D eigenvalue weighted by Gasteiger charge is 2.09. The average Bonchev–Trinajstić information content (AvgIpc) is 2.22. The van der Waals surface area contributed by atoms with E-state index in [0.29, 0.717) is 6.04 Å². The summed E-state index contributed by atoms with van der Waals surface area (Å²) in [6.45, 7) is 9.06. The topological polar surface area (TPSA) is 12.0 Å². The minimum atomic E-state index is 0.329. The van der Waals surface area contributed by atoms with Crippen LogP contribution in [0.1, 0.15) is 36.9 Å². The normalized spacial score (nSPS) is 12.4. The molecular weight excluding hydrogens is 218 g/mol. The molecule has 1 rings (SSSR count). The summed E-state index contributed by atoms with van der Waals surface area (Å²) in [5.74, 6) is 0. The molecule has 0 aliphatic rings. The van der Waals surface area contributed by atoms with Crippen LogP contribution < -0.4 is 5.32 Å². The molecule has 88 valence electrons. The van der Waals surface area contributed by atoms with Gasteiger partial charge in [-0.2, -0.15) is 0 Å². The van der Waals surface area contributed by atoms with Gasteiger partial charge >= 0.3 is 0 Å². The third kappa shape index (κ3) is 3.99. The Balaban J connectivity index is 2.86. The van der Waals surface area contributed by atoms with Crippen molar-refractivity contribution in [2.45, 2.75) is 32.7 Å². The third-order valence-corrected chi connectivity index (χ3v) is 2.73. The molecule has 16 heavy (non-hydrogen) atoms. The van der Waals surface area contributed by atoms with Crippen LogP contribution in [0.3, 0.4) is 0 Å². The lowest BCUT2D eigenvalue weighted by atomic mass is 10.0. The van der Waals surface area contributed by atoms with Crippen molar-refractivity contribution in [2.75, 3.05) is 6.54 Å². The first kappa shape index (κ1) is 13.3. The molecule has 0 aliphatic carbocycles. The minimum absolute atomic E-state index is 0.329. The van der Waals surface area contributed by atoms with Gasteiger partial charge in [0.1, 0.15) is 0 Å². The second kappa shape index (κ2) is 6.72. The molecule has 0 saturated carbocycles. The van der Waals surface area contributed by atoms with Crippen molar-refractivity contribution >= 4 is 11.6 Å². The number of rotatable bonds is 6. The molecule has 1 atom stereocenters. The summed E-state index contributed by atoms with van der Waals surface area (Å²) >= 11 is 6.07. The molecule has 0 heterocycles. The molecule has 0 aliphatic heterocycles. The van der Waals surface area contributed by atoms with Crippen molar-refractivity contribution in [1.82, 2.24) is 5.32 Å². The predicted molar refractivity (Wildman–Crippen MR) is 72.0 cm³/mol. The Bertz CT molecular complexity index is 326. The molecule has 0 aromatic heterocycles. The van der Waals surface area contributed by atoms with Gasteiger partial charge in [-0.25, -0.2) is 0 Å². The van der Waals surface area contributed by atoms with E-state index >= 15 is 0 Å². The Hall–Kier alpha value is -0.790. The summed E-state index contributed by atoms with van der Waals surface area (Å²) < 4.78 is 0. The van der Waals surface area contributed by atoms with Crippen LogP contribution in [0.15, 0.2) is 30.9 Å². The summed E-state index contributed by atoms with van der Waals surface area (Å²) in [7, 11) is 0. The van der Waals surface area contributed by atoms with E-state index in [4.69, 9.17) is 11.6 Å². The van der Waals surface area contributed by atoms with Crippen LogP contribution in [0.25, 0.3) is 0 Å². The van der Waals surface area contributed by atoms with Gasteiger partial charge in [0.2, 0.25) is 0 Å². The molecule has 1 aromatic rings. The predicted octanol–water partition coefficient (Wildman–Crippen LogP) is 4.27. The number of aryl methyl sites for hydroxylation is 1. The molecule has 0 radical (unpaired) electrons. The smallest absolute Gasteiger partial charge is 0.0411 e. The molecule has 1 aromatic carbocycles. The zero-order valence-corrected chi connectivity index (χ0v) is 10.8. The van der Waals surface area contributed by atoms with Gasteiger partial charge in [-0.15, -0.1) is 6.58 Å². The number of benzene rings is 1. The maximum Gasteiger partial charge on any atom is 0.0411 e. The van der Waals surface area contributed by atoms with Gasteiger partial charge in [0.05, 0.1) is 0 Å². The second-order valence-corrected chi connectivity index (χ2v) is 4.53. The van der Waals surface area contributed by atoms with Gasteiger partial charge in [-0.3, -0.25) is 0 Å². The molecular formula is C14H20ClN. The summed E-state index contributed by atoms with van der Waals surface area (Å²) in [5.41, 5.74) is 2.45. The highest BCUT2D eigenvalue weighted by Crippen LogP contribution is 2.22. The Morgan fingerprint density at radius 1 is 1.44 bits per heavy atom. The summed E-state index contributed by atoms with van der Waals surface area (Å²) in [4.78, 5) is 0. The van der Waals surface area contributed by atoms with Crippen LogP contribution in [0.5, 0.6) is 0 Å². The van der Waals surface area contributed by atoms with E-state index < -0.39 is 0 Å². The van der Waals surface area contributed by atoms with E-state index in [1.807, 2.05) is 18.2 Å². The number of halogens is 1. The average molecular weight is 238 g/mol. The number of hydrogen-bond acceptors (Lipinski definition) is 1. The number of nitrogens with one attached hydrogen (secondary N) is 1. The van der Waals surface area contributed by atoms with E-state index in [1.54, 1.807) is 0 Å². The van der Waals surface area contributed by atoms with Crippen molar-refractivity contribution in [2.24, 2.45) is 0 Å². The fourth-order valence-electron chi connectivity index (χ4n) is 1.79. The molecule has 0 bridgehead atoms. The van der Waals surface area contributed by atoms with Crippen molar-refractivity contribution in [3.05, 3.63) is 47.0 Å². The summed E-state index contributed by atoms with van der Waals surface area (Å²) in [5, 5.41) is 4.32. The van der Waals surface area contributed by atoms with E-state index in [9.17, 15) is 0 Å². The van der Waals surface area contributed by atoms with Crippen LogP contribution in [-0.2, 0) is 0 Å². The standard InChI is InChI=1S/C14H20ClN/c1-4-6-14(16-7-5-2)12-8-11(3)9-13(15)10-12/h4,8-10,14,16H,1,5-7H2,2-3H3. The highest BCUT2D eigenvalue weighted by molar-refractivity contribution is 6.30. The largest absolute Gasteiger partial charge is 0.310 e. The maximum atomic E-state index is 6.07. The zero-order valence-electron chi connectivity index (χ0n) is 10.1. The van der Waals surface area contributed by atoms with E-state index in [-0.39, 0.29) is 0 Å². The number of hydrogen-bond donors (Lipinski definition) is 1. The molecule has 0 fully saturated rings. The lowest BCUT2D eigenvalue weighted by Gasteiger charge is -2.18. The van der Waals surface area contributed by atoms with Crippen molar-refractivity contribution in [1.29, 1.82) is 0 Å². The Morgan fingerprint density at radius 2 is 2.19 bits per heavy atom. The lowest BCUT2D eigenvalue weighted by Crippen LogP contribution is -2.21. The van der Waals surface area contributed by atoms with Gasteiger partial charge in [0, 0.05) is 11.1 Å². The van der Waals surface area contributed by atoms with Crippen LogP contribution in [0.2, 0.25) is 5.02 Å².